The largest absolute Gasteiger partial charge is 0.497 e. The lowest BCUT2D eigenvalue weighted by Gasteiger charge is -2.07. The summed E-state index contributed by atoms with van der Waals surface area (Å²) in [5.74, 6) is 1.21. The fraction of sp³-hybridized carbons (Fsp3) is 0.125. The molecule has 0 aliphatic rings. The SMILES string of the molecule is COc1ccc(CNCc2ccc3c(Sc4ccccc4)c(OC(N)=O)[nH]c3c2)cc1. The summed E-state index contributed by atoms with van der Waals surface area (Å²) in [6.07, 6.45) is -0.845. The van der Waals surface area contributed by atoms with Gasteiger partial charge in [0.2, 0.25) is 5.88 Å². The van der Waals surface area contributed by atoms with Crippen LogP contribution in [0.15, 0.2) is 82.6 Å². The zero-order valence-corrected chi connectivity index (χ0v) is 17.9. The van der Waals surface area contributed by atoms with E-state index in [-0.39, 0.29) is 0 Å². The van der Waals surface area contributed by atoms with Gasteiger partial charge < -0.3 is 25.5 Å². The standard InChI is InChI=1S/C24H23N3O3S/c1-29-18-10-7-16(8-11-18)14-26-15-17-9-12-20-21(13-17)27-23(30-24(25)28)22(20)31-19-5-3-2-4-6-19/h2-13,26-27H,14-15H2,1H3,(H2,25,28). The molecule has 0 saturated heterocycles. The number of aromatic nitrogens is 1. The molecule has 6 nitrogen and oxygen atoms in total. The first-order chi connectivity index (χ1) is 15.1. The maximum Gasteiger partial charge on any atom is 0.411 e. The van der Waals surface area contributed by atoms with E-state index in [2.05, 4.69) is 22.4 Å². The number of benzene rings is 3. The molecule has 31 heavy (non-hydrogen) atoms. The first-order valence-electron chi connectivity index (χ1n) is 9.81. The molecule has 0 fully saturated rings. The van der Waals surface area contributed by atoms with E-state index in [0.29, 0.717) is 12.4 Å². The number of fused-ring (bicyclic) bond motifs is 1. The van der Waals surface area contributed by atoms with Crippen LogP contribution < -0.4 is 20.5 Å². The van der Waals surface area contributed by atoms with Gasteiger partial charge in [0.15, 0.2) is 0 Å². The van der Waals surface area contributed by atoms with Crippen molar-refractivity contribution in [2.45, 2.75) is 22.9 Å². The van der Waals surface area contributed by atoms with Crippen molar-refractivity contribution in [2.75, 3.05) is 7.11 Å². The lowest BCUT2D eigenvalue weighted by Crippen LogP contribution is -2.16. The third kappa shape index (κ3) is 5.20. The van der Waals surface area contributed by atoms with Gasteiger partial charge in [-0.2, -0.15) is 0 Å². The Morgan fingerprint density at radius 1 is 1.00 bits per heavy atom. The number of H-pyrrole nitrogens is 1. The number of primary amides is 1. The van der Waals surface area contributed by atoms with Crippen LogP contribution in [0.1, 0.15) is 11.1 Å². The second kappa shape index (κ2) is 9.59. The van der Waals surface area contributed by atoms with Crippen LogP contribution in [0.3, 0.4) is 0 Å². The van der Waals surface area contributed by atoms with Crippen molar-refractivity contribution in [3.8, 4) is 11.6 Å². The van der Waals surface area contributed by atoms with Crippen molar-refractivity contribution in [3.63, 3.8) is 0 Å². The summed E-state index contributed by atoms with van der Waals surface area (Å²) >= 11 is 1.53. The molecule has 0 saturated carbocycles. The average Bonchev–Trinajstić information content (AvgIpc) is 3.10. The highest BCUT2D eigenvalue weighted by molar-refractivity contribution is 7.99. The molecular formula is C24H23N3O3S. The van der Waals surface area contributed by atoms with E-state index < -0.39 is 6.09 Å². The minimum absolute atomic E-state index is 0.361. The number of nitrogens with one attached hydrogen (secondary N) is 2. The molecule has 0 radical (unpaired) electrons. The Morgan fingerprint density at radius 2 is 1.71 bits per heavy atom. The molecule has 1 aromatic heterocycles. The zero-order chi connectivity index (χ0) is 21.6. The van der Waals surface area contributed by atoms with Gasteiger partial charge in [0.05, 0.1) is 12.0 Å². The molecular weight excluding hydrogens is 410 g/mol. The van der Waals surface area contributed by atoms with Crippen LogP contribution >= 0.6 is 11.8 Å². The Morgan fingerprint density at radius 3 is 2.42 bits per heavy atom. The molecule has 1 amide bonds. The number of amides is 1. The molecule has 0 bridgehead atoms. The van der Waals surface area contributed by atoms with E-state index in [1.165, 1.54) is 17.3 Å². The highest BCUT2D eigenvalue weighted by Gasteiger charge is 2.16. The number of carbonyl (C=O) groups excluding carboxylic acids is 1. The van der Waals surface area contributed by atoms with Gasteiger partial charge in [0.1, 0.15) is 5.75 Å². The number of rotatable bonds is 8. The minimum Gasteiger partial charge on any atom is -0.497 e. The molecule has 7 heteroatoms. The second-order valence-electron chi connectivity index (χ2n) is 6.95. The third-order valence-corrected chi connectivity index (χ3v) is 5.88. The summed E-state index contributed by atoms with van der Waals surface area (Å²) in [4.78, 5) is 16.5. The molecule has 3 aromatic carbocycles. The van der Waals surface area contributed by atoms with Crippen molar-refractivity contribution in [1.82, 2.24) is 10.3 Å². The molecule has 0 atom stereocenters. The maximum absolute atomic E-state index is 11.4. The zero-order valence-electron chi connectivity index (χ0n) is 17.1. The number of hydrogen-bond acceptors (Lipinski definition) is 5. The summed E-state index contributed by atoms with van der Waals surface area (Å²) in [5, 5.41) is 4.42. The number of methoxy groups -OCH3 is 1. The Bertz CT molecular complexity index is 1170. The first-order valence-corrected chi connectivity index (χ1v) is 10.6. The van der Waals surface area contributed by atoms with E-state index in [4.69, 9.17) is 15.2 Å². The molecule has 1 heterocycles. The number of hydrogen-bond donors (Lipinski definition) is 3. The van der Waals surface area contributed by atoms with E-state index >= 15 is 0 Å². The summed E-state index contributed by atoms with van der Waals surface area (Å²) in [6, 6.07) is 24.1. The normalized spacial score (nSPS) is 10.9. The Kier molecular flexibility index (Phi) is 6.45. The molecule has 158 valence electrons. The van der Waals surface area contributed by atoms with E-state index in [9.17, 15) is 4.79 Å². The molecule has 4 rings (SSSR count). The molecule has 4 N–H and O–H groups in total. The minimum atomic E-state index is -0.845. The van der Waals surface area contributed by atoms with Gasteiger partial charge in [-0.15, -0.1) is 0 Å². The van der Waals surface area contributed by atoms with Crippen LogP contribution in [-0.4, -0.2) is 18.2 Å². The molecule has 0 unspecified atom stereocenters. The van der Waals surface area contributed by atoms with Gasteiger partial charge in [-0.05, 0) is 41.5 Å². The van der Waals surface area contributed by atoms with Gasteiger partial charge in [0, 0.05) is 28.9 Å². The summed E-state index contributed by atoms with van der Waals surface area (Å²) in [7, 11) is 1.66. The Balaban J connectivity index is 1.51. The van der Waals surface area contributed by atoms with Crippen molar-refractivity contribution < 1.29 is 14.3 Å². The number of ether oxygens (including phenoxy) is 2. The average molecular weight is 434 g/mol. The molecule has 4 aromatic rings. The van der Waals surface area contributed by atoms with Gasteiger partial charge in [-0.25, -0.2) is 4.79 Å². The van der Waals surface area contributed by atoms with Gasteiger partial charge in [-0.3, -0.25) is 0 Å². The summed E-state index contributed by atoms with van der Waals surface area (Å²) < 4.78 is 10.4. The highest BCUT2D eigenvalue weighted by Crippen LogP contribution is 2.40. The summed E-state index contributed by atoms with van der Waals surface area (Å²) in [6.45, 7) is 1.45. The van der Waals surface area contributed by atoms with E-state index in [0.717, 1.165) is 38.6 Å². The predicted octanol–water partition coefficient (Wildman–Crippen LogP) is 5.08. The Labute approximate surface area is 184 Å². The topological polar surface area (TPSA) is 89.4 Å². The first kappa shape index (κ1) is 20.8. The smallest absolute Gasteiger partial charge is 0.411 e. The molecule has 0 aliphatic carbocycles. The second-order valence-corrected chi connectivity index (χ2v) is 8.03. The third-order valence-electron chi connectivity index (χ3n) is 4.77. The lowest BCUT2D eigenvalue weighted by molar-refractivity contribution is 0.208. The van der Waals surface area contributed by atoms with Crippen LogP contribution in [-0.2, 0) is 13.1 Å². The van der Waals surface area contributed by atoms with Crippen LogP contribution in [0.4, 0.5) is 4.79 Å². The Hall–Kier alpha value is -3.42. The number of carbonyl (C=O) groups is 1. The van der Waals surface area contributed by atoms with Crippen LogP contribution in [0, 0.1) is 0 Å². The van der Waals surface area contributed by atoms with Gasteiger partial charge >= 0.3 is 6.09 Å². The van der Waals surface area contributed by atoms with Crippen molar-refractivity contribution >= 4 is 28.8 Å². The van der Waals surface area contributed by atoms with Crippen LogP contribution in [0.5, 0.6) is 11.6 Å². The quantitative estimate of drug-likeness (QED) is 0.361. The van der Waals surface area contributed by atoms with Crippen molar-refractivity contribution in [1.29, 1.82) is 0 Å². The van der Waals surface area contributed by atoms with Crippen molar-refractivity contribution in [2.24, 2.45) is 5.73 Å². The highest BCUT2D eigenvalue weighted by atomic mass is 32.2. The monoisotopic (exact) mass is 433 g/mol. The molecule has 0 aliphatic heterocycles. The number of aromatic amines is 1. The van der Waals surface area contributed by atoms with Gasteiger partial charge in [-0.1, -0.05) is 54.2 Å². The summed E-state index contributed by atoms with van der Waals surface area (Å²) in [5.41, 5.74) is 8.45. The van der Waals surface area contributed by atoms with Gasteiger partial charge in [0.25, 0.3) is 0 Å². The predicted molar refractivity (Wildman–Crippen MR) is 123 cm³/mol. The van der Waals surface area contributed by atoms with E-state index in [1.54, 1.807) is 7.11 Å². The fourth-order valence-electron chi connectivity index (χ4n) is 3.28. The van der Waals surface area contributed by atoms with E-state index in [1.807, 2.05) is 60.7 Å². The van der Waals surface area contributed by atoms with Crippen molar-refractivity contribution in [3.05, 3.63) is 83.9 Å². The lowest BCUT2D eigenvalue weighted by atomic mass is 10.1. The van der Waals surface area contributed by atoms with Crippen LogP contribution in [0.2, 0.25) is 0 Å². The number of nitrogens with two attached hydrogens (primary N) is 1. The molecule has 0 spiro atoms. The van der Waals surface area contributed by atoms with Crippen LogP contribution in [0.25, 0.3) is 10.9 Å². The maximum atomic E-state index is 11.4. The fourth-order valence-corrected chi connectivity index (χ4v) is 4.28.